The Kier molecular flexibility index (Phi) is 5.29. The fourth-order valence-corrected chi connectivity index (χ4v) is 6.19. The number of aromatic nitrogens is 1. The highest BCUT2D eigenvalue weighted by atomic mass is 32.2. The van der Waals surface area contributed by atoms with Gasteiger partial charge in [0, 0.05) is 23.7 Å². The fraction of sp³-hybridized carbons (Fsp3) is 0.179. The predicted molar refractivity (Wildman–Crippen MR) is 133 cm³/mol. The van der Waals surface area contributed by atoms with E-state index in [1.54, 1.807) is 18.3 Å². The Bertz CT molecular complexity index is 1380. The normalized spacial score (nSPS) is 17.7. The second-order valence-corrected chi connectivity index (χ2v) is 10.9. The lowest BCUT2D eigenvalue weighted by atomic mass is 9.79. The number of hydrogen-bond donors (Lipinski definition) is 0. The molecule has 0 saturated carbocycles. The van der Waals surface area contributed by atoms with Gasteiger partial charge in [0.15, 0.2) is 0 Å². The van der Waals surface area contributed by atoms with Crippen molar-refractivity contribution in [2.45, 2.75) is 30.6 Å². The molecule has 1 aromatic heterocycles. The third-order valence-electron chi connectivity index (χ3n) is 6.43. The lowest BCUT2D eigenvalue weighted by Crippen LogP contribution is -2.36. The lowest BCUT2D eigenvalue weighted by molar-refractivity contribution is 0.504. The van der Waals surface area contributed by atoms with Crippen LogP contribution in [-0.4, -0.2) is 19.9 Å². The standard InChI is InChI=1S/C28H26N2O2S/c1-21-10-16-25(17-11-21)33(31,32)30-20-28(2,26-9-6-18-29-27(26)30)19-22-12-14-24(15-13-22)23-7-4-3-5-8-23/h3-18H,19-20H2,1-2H3/t28-/m1/s1. The summed E-state index contributed by atoms with van der Waals surface area (Å²) in [5, 5.41) is 0. The van der Waals surface area contributed by atoms with Gasteiger partial charge in [0.05, 0.1) is 4.90 Å². The molecule has 0 unspecified atom stereocenters. The topological polar surface area (TPSA) is 50.3 Å². The Balaban J connectivity index is 1.47. The molecule has 0 radical (unpaired) electrons. The molecule has 4 nitrogen and oxygen atoms in total. The smallest absolute Gasteiger partial charge is 0.249 e. The first kappa shape index (κ1) is 21.4. The van der Waals surface area contributed by atoms with Gasteiger partial charge in [-0.3, -0.25) is 0 Å². The molecular weight excluding hydrogens is 428 g/mol. The second-order valence-electron chi connectivity index (χ2n) is 9.00. The van der Waals surface area contributed by atoms with E-state index in [9.17, 15) is 8.42 Å². The highest BCUT2D eigenvalue weighted by Gasteiger charge is 2.44. The number of fused-ring (bicyclic) bond motifs is 1. The minimum absolute atomic E-state index is 0.293. The molecule has 0 saturated heterocycles. The van der Waals surface area contributed by atoms with Crippen LogP contribution < -0.4 is 4.31 Å². The number of rotatable bonds is 5. The molecule has 0 fully saturated rings. The van der Waals surface area contributed by atoms with Crippen molar-refractivity contribution >= 4 is 15.8 Å². The Morgan fingerprint density at radius 3 is 2.21 bits per heavy atom. The summed E-state index contributed by atoms with van der Waals surface area (Å²) in [5.74, 6) is 0.529. The van der Waals surface area contributed by atoms with Crippen LogP contribution in [0.1, 0.15) is 23.6 Å². The number of benzene rings is 3. The van der Waals surface area contributed by atoms with E-state index in [1.165, 1.54) is 21.0 Å². The number of nitrogens with zero attached hydrogens (tertiary/aromatic N) is 2. The summed E-state index contributed by atoms with van der Waals surface area (Å²) in [5.41, 5.74) is 5.13. The minimum Gasteiger partial charge on any atom is -0.249 e. The van der Waals surface area contributed by atoms with Gasteiger partial charge in [0.25, 0.3) is 10.0 Å². The number of pyridine rings is 1. The van der Waals surface area contributed by atoms with Crippen LogP contribution >= 0.6 is 0 Å². The van der Waals surface area contributed by atoms with Crippen LogP contribution in [0.5, 0.6) is 0 Å². The summed E-state index contributed by atoms with van der Waals surface area (Å²) < 4.78 is 28.5. The third kappa shape index (κ3) is 3.93. The summed E-state index contributed by atoms with van der Waals surface area (Å²) >= 11 is 0. The molecule has 166 valence electrons. The van der Waals surface area contributed by atoms with Crippen molar-refractivity contribution in [3.05, 3.63) is 114 Å². The largest absolute Gasteiger partial charge is 0.265 e. The van der Waals surface area contributed by atoms with E-state index < -0.39 is 10.0 Å². The Hall–Kier alpha value is -3.44. The van der Waals surface area contributed by atoms with E-state index in [0.29, 0.717) is 17.3 Å². The summed E-state index contributed by atoms with van der Waals surface area (Å²) in [7, 11) is -3.70. The molecule has 0 aliphatic carbocycles. The molecule has 2 heterocycles. The van der Waals surface area contributed by atoms with Crippen molar-refractivity contribution in [2.75, 3.05) is 10.8 Å². The molecule has 0 amide bonds. The molecule has 0 bridgehead atoms. The number of aryl methyl sites for hydroxylation is 1. The average Bonchev–Trinajstić information content (AvgIpc) is 3.14. The van der Waals surface area contributed by atoms with Crippen LogP contribution in [-0.2, 0) is 21.9 Å². The first-order chi connectivity index (χ1) is 15.9. The van der Waals surface area contributed by atoms with E-state index in [-0.39, 0.29) is 5.41 Å². The molecule has 3 aromatic carbocycles. The van der Waals surface area contributed by atoms with Gasteiger partial charge in [-0.25, -0.2) is 17.7 Å². The van der Waals surface area contributed by atoms with Crippen LogP contribution in [0.3, 0.4) is 0 Å². The van der Waals surface area contributed by atoms with Crippen LogP contribution in [0.15, 0.2) is 102 Å². The van der Waals surface area contributed by atoms with Gasteiger partial charge in [0.1, 0.15) is 5.82 Å². The van der Waals surface area contributed by atoms with Crippen LogP contribution in [0.25, 0.3) is 11.1 Å². The van der Waals surface area contributed by atoms with E-state index in [0.717, 1.165) is 17.5 Å². The fourth-order valence-electron chi connectivity index (χ4n) is 4.63. The van der Waals surface area contributed by atoms with Crippen LogP contribution in [0, 0.1) is 6.92 Å². The number of sulfonamides is 1. The quantitative estimate of drug-likeness (QED) is 0.385. The zero-order valence-corrected chi connectivity index (χ0v) is 19.6. The summed E-state index contributed by atoms with van der Waals surface area (Å²) in [6.45, 7) is 4.43. The minimum atomic E-state index is -3.70. The Labute approximate surface area is 195 Å². The van der Waals surface area contributed by atoms with E-state index in [4.69, 9.17) is 0 Å². The van der Waals surface area contributed by atoms with Gasteiger partial charge in [0.2, 0.25) is 0 Å². The SMILES string of the molecule is Cc1ccc(S(=O)(=O)N2C[C@@](C)(Cc3ccc(-c4ccccc4)cc3)c3cccnc32)cc1. The van der Waals surface area contributed by atoms with Gasteiger partial charge in [-0.2, -0.15) is 0 Å². The average molecular weight is 455 g/mol. The van der Waals surface area contributed by atoms with Crippen LogP contribution in [0.4, 0.5) is 5.82 Å². The van der Waals surface area contributed by atoms with Gasteiger partial charge >= 0.3 is 0 Å². The Morgan fingerprint density at radius 2 is 1.52 bits per heavy atom. The first-order valence-electron chi connectivity index (χ1n) is 11.1. The monoisotopic (exact) mass is 454 g/mol. The van der Waals surface area contributed by atoms with Gasteiger partial charge in [-0.05, 0) is 48.2 Å². The summed E-state index contributed by atoms with van der Waals surface area (Å²) in [4.78, 5) is 4.78. The third-order valence-corrected chi connectivity index (χ3v) is 8.18. The van der Waals surface area contributed by atoms with Crippen molar-refractivity contribution in [3.63, 3.8) is 0 Å². The molecule has 4 aromatic rings. The van der Waals surface area contributed by atoms with Gasteiger partial charge in [-0.1, -0.05) is 85.3 Å². The molecule has 1 aliphatic heterocycles. The molecule has 33 heavy (non-hydrogen) atoms. The Morgan fingerprint density at radius 1 is 0.848 bits per heavy atom. The van der Waals surface area contributed by atoms with Crippen molar-refractivity contribution < 1.29 is 8.42 Å². The van der Waals surface area contributed by atoms with E-state index in [2.05, 4.69) is 48.3 Å². The molecular formula is C28H26N2O2S. The summed E-state index contributed by atoms with van der Waals surface area (Å²) in [6.07, 6.45) is 2.39. The van der Waals surface area contributed by atoms with Crippen molar-refractivity contribution in [3.8, 4) is 11.1 Å². The van der Waals surface area contributed by atoms with Crippen molar-refractivity contribution in [1.29, 1.82) is 0 Å². The predicted octanol–water partition coefficient (Wildman–Crippen LogP) is 5.77. The van der Waals surface area contributed by atoms with E-state index >= 15 is 0 Å². The van der Waals surface area contributed by atoms with Gasteiger partial charge in [-0.15, -0.1) is 0 Å². The molecule has 5 heteroatoms. The van der Waals surface area contributed by atoms with E-state index in [1.807, 2.05) is 49.4 Å². The summed E-state index contributed by atoms with van der Waals surface area (Å²) in [6, 6.07) is 29.7. The molecule has 1 atom stereocenters. The first-order valence-corrected chi connectivity index (χ1v) is 12.5. The van der Waals surface area contributed by atoms with Crippen LogP contribution in [0.2, 0.25) is 0 Å². The zero-order chi connectivity index (χ0) is 23.1. The van der Waals surface area contributed by atoms with Gasteiger partial charge < -0.3 is 0 Å². The molecule has 5 rings (SSSR count). The molecule has 0 N–H and O–H groups in total. The number of anilines is 1. The lowest BCUT2D eigenvalue weighted by Gasteiger charge is -2.26. The highest BCUT2D eigenvalue weighted by molar-refractivity contribution is 7.92. The highest BCUT2D eigenvalue weighted by Crippen LogP contribution is 2.43. The maximum absolute atomic E-state index is 13.5. The maximum atomic E-state index is 13.5. The zero-order valence-electron chi connectivity index (χ0n) is 18.8. The van der Waals surface area contributed by atoms with Crippen molar-refractivity contribution in [1.82, 2.24) is 4.98 Å². The molecule has 1 aliphatic rings. The van der Waals surface area contributed by atoms with Crippen molar-refractivity contribution in [2.24, 2.45) is 0 Å². The number of hydrogen-bond acceptors (Lipinski definition) is 3. The second kappa shape index (κ2) is 8.16. The maximum Gasteiger partial charge on any atom is 0.265 e. The molecule has 0 spiro atoms.